The molecule has 1 aliphatic heterocycles. The highest BCUT2D eigenvalue weighted by atomic mass is 32.2. The van der Waals surface area contributed by atoms with Gasteiger partial charge in [0.1, 0.15) is 11.3 Å². The van der Waals surface area contributed by atoms with Crippen LogP contribution in [0.5, 0.6) is 0 Å². The summed E-state index contributed by atoms with van der Waals surface area (Å²) in [6.07, 6.45) is 0.793. The quantitative estimate of drug-likeness (QED) is 0.688. The minimum Gasteiger partial charge on any atom is -0.459 e. The molecule has 7 heteroatoms. The van der Waals surface area contributed by atoms with Crippen LogP contribution in [0.2, 0.25) is 0 Å². The average molecular weight is 377 g/mol. The fourth-order valence-corrected chi connectivity index (χ4v) is 4.70. The lowest BCUT2D eigenvalue weighted by Crippen LogP contribution is -2.41. The fraction of sp³-hybridized carbons (Fsp3) is 0.263. The van der Waals surface area contributed by atoms with E-state index in [1.807, 2.05) is 13.8 Å². The molecule has 0 fully saturated rings. The third-order valence-corrected chi connectivity index (χ3v) is 6.53. The van der Waals surface area contributed by atoms with E-state index in [1.54, 1.807) is 6.07 Å². The second-order valence-electron chi connectivity index (χ2n) is 6.95. The third kappa shape index (κ3) is 2.54. The summed E-state index contributed by atoms with van der Waals surface area (Å²) in [6.45, 7) is 4.82. The zero-order valence-electron chi connectivity index (χ0n) is 14.3. The van der Waals surface area contributed by atoms with Crippen LogP contribution in [0.15, 0.2) is 50.6 Å². The number of nitrogens with one attached hydrogen (secondary N) is 1. The highest BCUT2D eigenvalue weighted by Gasteiger charge is 2.33. The van der Waals surface area contributed by atoms with Gasteiger partial charge in [0.2, 0.25) is 9.84 Å². The standard InChI is InChI=1S/C19H17F2NO3S/c1-19(2)18-14(7-8-22-19)13-5-3-12(10-17(13)25-18)26(23,24)11-4-6-15(20)16(21)9-11/h3-6,9-10,22H,7-8H2,1-2H3. The van der Waals surface area contributed by atoms with E-state index in [0.29, 0.717) is 11.6 Å². The van der Waals surface area contributed by atoms with Crippen LogP contribution >= 0.6 is 0 Å². The molecule has 136 valence electrons. The topological polar surface area (TPSA) is 59.3 Å². The van der Waals surface area contributed by atoms with Gasteiger partial charge in [-0.15, -0.1) is 0 Å². The molecule has 0 atom stereocenters. The Balaban J connectivity index is 1.86. The number of halogens is 2. The molecule has 0 aliphatic carbocycles. The van der Waals surface area contributed by atoms with Crippen molar-refractivity contribution in [1.29, 1.82) is 0 Å². The summed E-state index contributed by atoms with van der Waals surface area (Å²) in [5.41, 5.74) is 1.20. The first kappa shape index (κ1) is 17.2. The molecular formula is C19H17F2NO3S. The van der Waals surface area contributed by atoms with Crippen molar-refractivity contribution in [3.63, 3.8) is 0 Å². The van der Waals surface area contributed by atoms with Gasteiger partial charge in [-0.2, -0.15) is 0 Å². The van der Waals surface area contributed by atoms with Gasteiger partial charge < -0.3 is 9.73 Å². The molecule has 0 amide bonds. The van der Waals surface area contributed by atoms with Crippen molar-refractivity contribution in [2.75, 3.05) is 6.54 Å². The minimum absolute atomic E-state index is 0.0205. The lowest BCUT2D eigenvalue weighted by Gasteiger charge is -2.29. The summed E-state index contributed by atoms with van der Waals surface area (Å²) in [5.74, 6) is -1.50. The lowest BCUT2D eigenvalue weighted by atomic mass is 9.91. The first-order valence-corrected chi connectivity index (χ1v) is 9.69. The van der Waals surface area contributed by atoms with Gasteiger partial charge in [0.15, 0.2) is 11.6 Å². The first-order valence-electron chi connectivity index (χ1n) is 8.21. The van der Waals surface area contributed by atoms with E-state index in [1.165, 1.54) is 12.1 Å². The maximum absolute atomic E-state index is 13.5. The van der Waals surface area contributed by atoms with Gasteiger partial charge in [0, 0.05) is 23.6 Å². The molecule has 2 heterocycles. The van der Waals surface area contributed by atoms with E-state index in [2.05, 4.69) is 5.32 Å². The molecule has 0 saturated heterocycles. The van der Waals surface area contributed by atoms with Crippen LogP contribution in [0.25, 0.3) is 11.0 Å². The van der Waals surface area contributed by atoms with Crippen molar-refractivity contribution in [1.82, 2.24) is 5.32 Å². The summed E-state index contributed by atoms with van der Waals surface area (Å²) in [5, 5.41) is 4.24. The highest BCUT2D eigenvalue weighted by Crippen LogP contribution is 2.37. The van der Waals surface area contributed by atoms with Crippen LogP contribution in [0.3, 0.4) is 0 Å². The number of hydrogen-bond acceptors (Lipinski definition) is 4. The number of fused-ring (bicyclic) bond motifs is 3. The van der Waals surface area contributed by atoms with Gasteiger partial charge in [-0.1, -0.05) is 0 Å². The predicted octanol–water partition coefficient (Wildman–Crippen LogP) is 3.92. The summed E-state index contributed by atoms with van der Waals surface area (Å²) in [7, 11) is -3.98. The molecule has 0 saturated carbocycles. The Kier molecular flexibility index (Phi) is 3.71. The smallest absolute Gasteiger partial charge is 0.206 e. The van der Waals surface area contributed by atoms with Gasteiger partial charge in [-0.25, -0.2) is 17.2 Å². The van der Waals surface area contributed by atoms with E-state index in [9.17, 15) is 17.2 Å². The Bertz CT molecular complexity index is 1130. The van der Waals surface area contributed by atoms with Crippen LogP contribution in [0, 0.1) is 11.6 Å². The molecule has 0 bridgehead atoms. The van der Waals surface area contributed by atoms with Gasteiger partial charge >= 0.3 is 0 Å². The Hall–Kier alpha value is -2.25. The molecule has 0 radical (unpaired) electrons. The molecule has 3 aromatic rings. The monoisotopic (exact) mass is 377 g/mol. The van der Waals surface area contributed by atoms with Crippen molar-refractivity contribution in [2.24, 2.45) is 0 Å². The molecular weight excluding hydrogens is 360 g/mol. The number of sulfone groups is 1. The molecule has 0 spiro atoms. The van der Waals surface area contributed by atoms with E-state index in [0.717, 1.165) is 41.8 Å². The maximum atomic E-state index is 13.5. The lowest BCUT2D eigenvalue weighted by molar-refractivity contribution is 0.310. The molecule has 4 rings (SSSR count). The third-order valence-electron chi connectivity index (χ3n) is 4.79. The van der Waals surface area contributed by atoms with E-state index < -0.39 is 21.5 Å². The van der Waals surface area contributed by atoms with Crippen LogP contribution in [-0.2, 0) is 21.8 Å². The van der Waals surface area contributed by atoms with Crippen molar-refractivity contribution in [3.8, 4) is 0 Å². The SMILES string of the molecule is CC1(C)NCCc2c1oc1cc(S(=O)(=O)c3ccc(F)c(F)c3)ccc21. The average Bonchev–Trinajstić information content (AvgIpc) is 2.96. The molecule has 1 N–H and O–H groups in total. The molecule has 4 nitrogen and oxygen atoms in total. The summed E-state index contributed by atoms with van der Waals surface area (Å²) in [4.78, 5) is -0.318. The first-order chi connectivity index (χ1) is 12.2. The summed E-state index contributed by atoms with van der Waals surface area (Å²) in [6, 6.07) is 7.18. The fourth-order valence-electron chi connectivity index (χ4n) is 3.41. The second kappa shape index (κ2) is 5.62. The zero-order chi connectivity index (χ0) is 18.7. The van der Waals surface area contributed by atoms with Crippen molar-refractivity contribution in [3.05, 3.63) is 59.4 Å². The second-order valence-corrected chi connectivity index (χ2v) is 8.90. The van der Waals surface area contributed by atoms with Crippen LogP contribution < -0.4 is 5.32 Å². The van der Waals surface area contributed by atoms with E-state index >= 15 is 0 Å². The predicted molar refractivity (Wildman–Crippen MR) is 92.8 cm³/mol. The largest absolute Gasteiger partial charge is 0.459 e. The number of benzene rings is 2. The highest BCUT2D eigenvalue weighted by molar-refractivity contribution is 7.91. The summed E-state index contributed by atoms with van der Waals surface area (Å²) < 4.78 is 58.1. The normalized spacial score (nSPS) is 16.6. The molecule has 1 aromatic heterocycles. The van der Waals surface area contributed by atoms with Crippen molar-refractivity contribution in [2.45, 2.75) is 35.6 Å². The number of furan rings is 1. The molecule has 26 heavy (non-hydrogen) atoms. The van der Waals surface area contributed by atoms with Crippen molar-refractivity contribution >= 4 is 20.8 Å². The molecule has 0 unspecified atom stereocenters. The number of hydrogen-bond donors (Lipinski definition) is 1. The minimum atomic E-state index is -3.98. The van der Waals surface area contributed by atoms with Crippen LogP contribution in [0.1, 0.15) is 25.2 Å². The van der Waals surface area contributed by atoms with Gasteiger partial charge in [0.25, 0.3) is 0 Å². The van der Waals surface area contributed by atoms with Gasteiger partial charge in [-0.05, 0) is 50.6 Å². The number of rotatable bonds is 2. The zero-order valence-corrected chi connectivity index (χ0v) is 15.1. The van der Waals surface area contributed by atoms with Crippen LogP contribution in [-0.4, -0.2) is 15.0 Å². The molecule has 2 aromatic carbocycles. The Morgan fingerprint density at radius 3 is 2.46 bits per heavy atom. The van der Waals surface area contributed by atoms with E-state index in [4.69, 9.17) is 4.42 Å². The Labute approximate surface area is 149 Å². The van der Waals surface area contributed by atoms with Gasteiger partial charge in [-0.3, -0.25) is 0 Å². The Morgan fingerprint density at radius 2 is 1.73 bits per heavy atom. The van der Waals surface area contributed by atoms with Crippen molar-refractivity contribution < 1.29 is 21.6 Å². The summed E-state index contributed by atoms with van der Waals surface area (Å²) >= 11 is 0. The molecule has 1 aliphatic rings. The Morgan fingerprint density at radius 1 is 1.04 bits per heavy atom. The van der Waals surface area contributed by atoms with Crippen LogP contribution in [0.4, 0.5) is 8.78 Å². The van der Waals surface area contributed by atoms with Gasteiger partial charge in [0.05, 0.1) is 15.3 Å². The maximum Gasteiger partial charge on any atom is 0.206 e. The van der Waals surface area contributed by atoms with E-state index in [-0.39, 0.29) is 15.3 Å².